The Morgan fingerprint density at radius 1 is 1.22 bits per heavy atom. The van der Waals surface area contributed by atoms with Gasteiger partial charge in [-0.25, -0.2) is 8.78 Å². The highest BCUT2D eigenvalue weighted by Crippen LogP contribution is 2.10. The van der Waals surface area contributed by atoms with Gasteiger partial charge in [0.2, 0.25) is 0 Å². The van der Waals surface area contributed by atoms with Gasteiger partial charge in [-0.05, 0) is 50.6 Å². The third-order valence-corrected chi connectivity index (χ3v) is 3.37. The molecule has 4 heteroatoms. The largest absolute Gasteiger partial charge is 0.309 e. The van der Waals surface area contributed by atoms with E-state index in [2.05, 4.69) is 17.1 Å². The average molecular weight is 254 g/mol. The molecule has 0 spiro atoms. The van der Waals surface area contributed by atoms with Gasteiger partial charge in [0.15, 0.2) is 11.6 Å². The molecule has 1 heterocycles. The maximum atomic E-state index is 13.0. The fourth-order valence-corrected chi connectivity index (χ4v) is 2.36. The van der Waals surface area contributed by atoms with Crippen molar-refractivity contribution in [2.24, 2.45) is 0 Å². The molecule has 1 atom stereocenters. The molecule has 18 heavy (non-hydrogen) atoms. The molecule has 0 aromatic heterocycles. The van der Waals surface area contributed by atoms with Crippen molar-refractivity contribution in [3.63, 3.8) is 0 Å². The summed E-state index contributed by atoms with van der Waals surface area (Å²) in [5.74, 6) is -1.56. The zero-order valence-corrected chi connectivity index (χ0v) is 10.8. The summed E-state index contributed by atoms with van der Waals surface area (Å²) in [7, 11) is 0. The molecule has 0 radical (unpaired) electrons. The van der Waals surface area contributed by atoms with E-state index >= 15 is 0 Å². The first kappa shape index (κ1) is 13.4. The number of hydrogen-bond acceptors (Lipinski definition) is 2. The molecular weight excluding hydrogens is 234 g/mol. The number of halogens is 2. The molecule has 2 nitrogen and oxygen atoms in total. The lowest BCUT2D eigenvalue weighted by molar-refractivity contribution is 0.298. The molecule has 1 aliphatic heterocycles. The summed E-state index contributed by atoms with van der Waals surface area (Å²) in [4.78, 5) is 2.43. The van der Waals surface area contributed by atoms with Crippen LogP contribution in [-0.4, -0.2) is 30.6 Å². The molecule has 1 aromatic rings. The molecular formula is C14H20F2N2. The van der Waals surface area contributed by atoms with Crippen LogP contribution in [0.1, 0.15) is 25.3 Å². The van der Waals surface area contributed by atoms with Gasteiger partial charge in [0, 0.05) is 19.1 Å². The van der Waals surface area contributed by atoms with Crippen LogP contribution in [0.4, 0.5) is 8.78 Å². The highest BCUT2D eigenvalue weighted by atomic mass is 19.2. The van der Waals surface area contributed by atoms with Gasteiger partial charge in [0.25, 0.3) is 0 Å². The fraction of sp³-hybridized carbons (Fsp3) is 0.571. The van der Waals surface area contributed by atoms with Crippen molar-refractivity contribution < 1.29 is 8.78 Å². The van der Waals surface area contributed by atoms with Crippen LogP contribution in [0.25, 0.3) is 0 Å². The van der Waals surface area contributed by atoms with Crippen LogP contribution in [0, 0.1) is 11.6 Å². The lowest BCUT2D eigenvalue weighted by Crippen LogP contribution is -2.37. The molecule has 0 saturated carbocycles. The monoisotopic (exact) mass is 254 g/mol. The van der Waals surface area contributed by atoms with E-state index in [0.29, 0.717) is 12.6 Å². The second-order valence-corrected chi connectivity index (χ2v) is 5.04. The SMILES string of the molecule is CC(CN1CCCC1)NCc1ccc(F)c(F)c1. The van der Waals surface area contributed by atoms with Crippen molar-refractivity contribution in [2.45, 2.75) is 32.4 Å². The Balaban J connectivity index is 1.77. The van der Waals surface area contributed by atoms with Crippen molar-refractivity contribution in [1.29, 1.82) is 0 Å². The number of nitrogens with one attached hydrogen (secondary N) is 1. The van der Waals surface area contributed by atoms with Gasteiger partial charge in [-0.3, -0.25) is 0 Å². The predicted octanol–water partition coefficient (Wildman–Crippen LogP) is 2.54. The van der Waals surface area contributed by atoms with Crippen molar-refractivity contribution in [2.75, 3.05) is 19.6 Å². The third-order valence-electron chi connectivity index (χ3n) is 3.37. The van der Waals surface area contributed by atoms with Crippen molar-refractivity contribution in [3.8, 4) is 0 Å². The zero-order chi connectivity index (χ0) is 13.0. The molecule has 1 fully saturated rings. The van der Waals surface area contributed by atoms with E-state index in [1.54, 1.807) is 6.07 Å². The molecule has 1 aromatic carbocycles. The van der Waals surface area contributed by atoms with E-state index in [4.69, 9.17) is 0 Å². The predicted molar refractivity (Wildman–Crippen MR) is 68.3 cm³/mol. The number of nitrogens with zero attached hydrogens (tertiary/aromatic N) is 1. The summed E-state index contributed by atoms with van der Waals surface area (Å²) in [6, 6.07) is 4.41. The first-order valence-electron chi connectivity index (χ1n) is 6.55. The first-order chi connectivity index (χ1) is 8.65. The lowest BCUT2D eigenvalue weighted by Gasteiger charge is -2.21. The summed E-state index contributed by atoms with van der Waals surface area (Å²) < 4.78 is 25.8. The van der Waals surface area contributed by atoms with E-state index in [0.717, 1.165) is 12.1 Å². The van der Waals surface area contributed by atoms with Gasteiger partial charge in [0.1, 0.15) is 0 Å². The highest BCUT2D eigenvalue weighted by molar-refractivity contribution is 5.17. The normalized spacial score (nSPS) is 18.2. The zero-order valence-electron chi connectivity index (χ0n) is 10.8. The average Bonchev–Trinajstić information content (AvgIpc) is 2.83. The number of rotatable bonds is 5. The van der Waals surface area contributed by atoms with E-state index in [9.17, 15) is 8.78 Å². The number of hydrogen-bond donors (Lipinski definition) is 1. The number of benzene rings is 1. The minimum atomic E-state index is -0.788. The van der Waals surface area contributed by atoms with E-state index in [1.807, 2.05) is 0 Å². The Labute approximate surface area is 107 Å². The maximum Gasteiger partial charge on any atom is 0.159 e. The lowest BCUT2D eigenvalue weighted by atomic mass is 10.2. The van der Waals surface area contributed by atoms with Gasteiger partial charge in [-0.2, -0.15) is 0 Å². The second-order valence-electron chi connectivity index (χ2n) is 5.04. The van der Waals surface area contributed by atoms with Crippen LogP contribution in [0.15, 0.2) is 18.2 Å². The molecule has 2 rings (SSSR count). The van der Waals surface area contributed by atoms with Gasteiger partial charge in [-0.1, -0.05) is 6.07 Å². The molecule has 1 N–H and O–H groups in total. The smallest absolute Gasteiger partial charge is 0.159 e. The van der Waals surface area contributed by atoms with Gasteiger partial charge in [0.05, 0.1) is 0 Å². The van der Waals surface area contributed by atoms with Gasteiger partial charge in [-0.15, -0.1) is 0 Å². The third kappa shape index (κ3) is 3.75. The van der Waals surface area contributed by atoms with Crippen LogP contribution in [0.5, 0.6) is 0 Å². The van der Waals surface area contributed by atoms with Gasteiger partial charge >= 0.3 is 0 Å². The Morgan fingerprint density at radius 3 is 2.61 bits per heavy atom. The summed E-state index contributed by atoms with van der Waals surface area (Å²) in [5, 5.41) is 3.34. The minimum absolute atomic E-state index is 0.358. The van der Waals surface area contributed by atoms with E-state index < -0.39 is 11.6 Å². The quantitative estimate of drug-likeness (QED) is 0.868. The Morgan fingerprint density at radius 2 is 1.94 bits per heavy atom. The molecule has 100 valence electrons. The maximum absolute atomic E-state index is 13.0. The van der Waals surface area contributed by atoms with E-state index in [1.165, 1.54) is 38.1 Å². The topological polar surface area (TPSA) is 15.3 Å². The standard InChI is InChI=1S/C14H20F2N2/c1-11(10-18-6-2-3-7-18)17-9-12-4-5-13(15)14(16)8-12/h4-5,8,11,17H,2-3,6-7,9-10H2,1H3. The van der Waals surface area contributed by atoms with Crippen LogP contribution < -0.4 is 5.32 Å². The van der Waals surface area contributed by atoms with Crippen molar-refractivity contribution in [3.05, 3.63) is 35.4 Å². The molecule has 0 aliphatic carbocycles. The summed E-state index contributed by atoms with van der Waals surface area (Å²) in [6.07, 6.45) is 2.58. The highest BCUT2D eigenvalue weighted by Gasteiger charge is 2.14. The minimum Gasteiger partial charge on any atom is -0.309 e. The second kappa shape index (κ2) is 6.25. The molecule has 1 saturated heterocycles. The Bertz CT molecular complexity index is 389. The summed E-state index contributed by atoms with van der Waals surface area (Å²) in [5.41, 5.74) is 0.780. The van der Waals surface area contributed by atoms with Crippen LogP contribution in [-0.2, 0) is 6.54 Å². The number of likely N-dealkylation sites (tertiary alicyclic amines) is 1. The summed E-state index contributed by atoms with van der Waals surface area (Å²) in [6.45, 7) is 6.07. The van der Waals surface area contributed by atoms with E-state index in [-0.39, 0.29) is 0 Å². The van der Waals surface area contributed by atoms with Gasteiger partial charge < -0.3 is 10.2 Å². The van der Waals surface area contributed by atoms with Crippen LogP contribution >= 0.6 is 0 Å². The first-order valence-corrected chi connectivity index (χ1v) is 6.55. The Hall–Kier alpha value is -1.00. The summed E-state index contributed by atoms with van der Waals surface area (Å²) >= 11 is 0. The Kier molecular flexibility index (Phi) is 4.66. The van der Waals surface area contributed by atoms with Crippen LogP contribution in [0.3, 0.4) is 0 Å². The molecule has 0 bridgehead atoms. The molecule has 0 amide bonds. The fourth-order valence-electron chi connectivity index (χ4n) is 2.36. The molecule has 1 unspecified atom stereocenters. The van der Waals surface area contributed by atoms with Crippen molar-refractivity contribution >= 4 is 0 Å². The van der Waals surface area contributed by atoms with Crippen LogP contribution in [0.2, 0.25) is 0 Å². The molecule has 1 aliphatic rings. The van der Waals surface area contributed by atoms with Crippen molar-refractivity contribution in [1.82, 2.24) is 10.2 Å².